The lowest BCUT2D eigenvalue weighted by Crippen LogP contribution is -2.37. The van der Waals surface area contributed by atoms with Gasteiger partial charge >= 0.3 is 0 Å². The first-order valence-corrected chi connectivity index (χ1v) is 11.1. The fraction of sp³-hybridized carbons (Fsp3) is 0.350. The molecule has 6 nitrogen and oxygen atoms in total. The van der Waals surface area contributed by atoms with E-state index in [0.29, 0.717) is 35.8 Å². The molecule has 2 aromatic rings. The molecular weight excluding hydrogens is 400 g/mol. The lowest BCUT2D eigenvalue weighted by Gasteiger charge is -2.21. The first-order valence-electron chi connectivity index (χ1n) is 9.20. The molecule has 0 saturated carbocycles. The number of anilines is 2. The van der Waals surface area contributed by atoms with Gasteiger partial charge in [0.1, 0.15) is 6.10 Å². The maximum Gasteiger partial charge on any atom is 0.262 e. The van der Waals surface area contributed by atoms with Crippen LogP contribution in [0.4, 0.5) is 11.4 Å². The van der Waals surface area contributed by atoms with Crippen LogP contribution in [0, 0.1) is 6.92 Å². The minimum atomic E-state index is -3.76. The molecule has 2 heterocycles. The zero-order chi connectivity index (χ0) is 19.9. The van der Waals surface area contributed by atoms with Crippen molar-refractivity contribution in [2.75, 3.05) is 22.8 Å². The summed E-state index contributed by atoms with van der Waals surface area (Å²) in [7, 11) is -3.76. The number of carbonyl (C=O) groups is 1. The maximum atomic E-state index is 12.8. The summed E-state index contributed by atoms with van der Waals surface area (Å²) in [6, 6.07) is 10.0. The number of sulfonamides is 1. The third-order valence-corrected chi connectivity index (χ3v) is 6.90. The highest BCUT2D eigenvalue weighted by molar-refractivity contribution is 7.92. The molecule has 0 radical (unpaired) electrons. The maximum absolute atomic E-state index is 12.8. The minimum Gasteiger partial charge on any atom is -0.368 e. The summed E-state index contributed by atoms with van der Waals surface area (Å²) in [5.41, 5.74) is 2.84. The monoisotopic (exact) mass is 420 g/mol. The molecule has 2 aromatic carbocycles. The summed E-state index contributed by atoms with van der Waals surface area (Å²) in [4.78, 5) is 14.5. The highest BCUT2D eigenvalue weighted by atomic mass is 35.5. The topological polar surface area (TPSA) is 75.7 Å². The quantitative estimate of drug-likeness (QED) is 0.821. The Bertz CT molecular complexity index is 1030. The van der Waals surface area contributed by atoms with E-state index in [-0.39, 0.29) is 16.9 Å². The Kier molecular flexibility index (Phi) is 5.07. The largest absolute Gasteiger partial charge is 0.368 e. The molecule has 1 saturated heterocycles. The van der Waals surface area contributed by atoms with Crippen LogP contribution in [0.2, 0.25) is 5.02 Å². The Morgan fingerprint density at radius 1 is 1.25 bits per heavy atom. The van der Waals surface area contributed by atoms with Gasteiger partial charge in [-0.3, -0.25) is 9.52 Å². The molecule has 0 aromatic heterocycles. The summed E-state index contributed by atoms with van der Waals surface area (Å²) >= 11 is 5.96. The Hall–Kier alpha value is -2.09. The van der Waals surface area contributed by atoms with Gasteiger partial charge in [0.15, 0.2) is 0 Å². The normalized spacial score (nSPS) is 18.9. The van der Waals surface area contributed by atoms with Crippen LogP contribution >= 0.6 is 11.6 Å². The van der Waals surface area contributed by atoms with Gasteiger partial charge in [-0.2, -0.15) is 0 Å². The van der Waals surface area contributed by atoms with Gasteiger partial charge in [0, 0.05) is 29.5 Å². The molecule has 2 aliphatic rings. The molecule has 0 spiro atoms. The zero-order valence-electron chi connectivity index (χ0n) is 15.4. The van der Waals surface area contributed by atoms with Crippen molar-refractivity contribution >= 4 is 38.9 Å². The van der Waals surface area contributed by atoms with Crippen molar-refractivity contribution in [3.05, 3.63) is 52.5 Å². The Labute approximate surface area is 169 Å². The summed E-state index contributed by atoms with van der Waals surface area (Å²) < 4.78 is 33.7. The lowest BCUT2D eigenvalue weighted by molar-refractivity contribution is -0.127. The second-order valence-electron chi connectivity index (χ2n) is 7.10. The second kappa shape index (κ2) is 7.39. The van der Waals surface area contributed by atoms with Crippen molar-refractivity contribution in [2.45, 2.75) is 37.2 Å². The Balaban J connectivity index is 1.57. The number of nitrogens with zero attached hydrogens (tertiary/aromatic N) is 1. The van der Waals surface area contributed by atoms with Gasteiger partial charge < -0.3 is 9.64 Å². The van der Waals surface area contributed by atoms with E-state index in [4.69, 9.17) is 16.3 Å². The van der Waals surface area contributed by atoms with E-state index in [0.717, 1.165) is 24.1 Å². The molecule has 28 heavy (non-hydrogen) atoms. The molecule has 0 bridgehead atoms. The van der Waals surface area contributed by atoms with Crippen LogP contribution in [0.25, 0.3) is 0 Å². The number of fused-ring (bicyclic) bond motifs is 1. The zero-order valence-corrected chi connectivity index (χ0v) is 17.0. The van der Waals surface area contributed by atoms with Crippen molar-refractivity contribution in [1.29, 1.82) is 0 Å². The van der Waals surface area contributed by atoms with Crippen LogP contribution in [0.5, 0.6) is 0 Å². The molecule has 1 amide bonds. The van der Waals surface area contributed by atoms with Crippen molar-refractivity contribution < 1.29 is 17.9 Å². The van der Waals surface area contributed by atoms with Crippen LogP contribution in [0.1, 0.15) is 24.0 Å². The fourth-order valence-electron chi connectivity index (χ4n) is 3.71. The lowest BCUT2D eigenvalue weighted by atomic mass is 10.1. The smallest absolute Gasteiger partial charge is 0.262 e. The summed E-state index contributed by atoms with van der Waals surface area (Å²) in [6.07, 6.45) is 1.97. The summed E-state index contributed by atoms with van der Waals surface area (Å²) in [5.74, 6) is -0.0147. The van der Waals surface area contributed by atoms with Crippen molar-refractivity contribution in [1.82, 2.24) is 0 Å². The molecule has 0 aliphatic carbocycles. The van der Waals surface area contributed by atoms with Crippen LogP contribution in [0.15, 0.2) is 41.3 Å². The van der Waals surface area contributed by atoms with Gasteiger partial charge in [-0.15, -0.1) is 0 Å². The van der Waals surface area contributed by atoms with Crippen molar-refractivity contribution in [3.63, 3.8) is 0 Å². The minimum absolute atomic E-state index is 0.0147. The number of nitrogens with one attached hydrogen (secondary N) is 1. The summed E-state index contributed by atoms with van der Waals surface area (Å²) in [5, 5.41) is 0.364. The molecule has 1 fully saturated rings. The van der Waals surface area contributed by atoms with Gasteiger partial charge in [0.25, 0.3) is 15.9 Å². The highest BCUT2D eigenvalue weighted by Crippen LogP contribution is 2.33. The van der Waals surface area contributed by atoms with E-state index < -0.39 is 10.0 Å². The standard InChI is InChI=1S/C20H21ClN2O4S/c1-13-4-5-15(21)12-19(13)28(25,26)22-16-6-7-17-14(11-16)8-9-23(17)20(24)18-3-2-10-27-18/h4-7,11-12,18,22H,2-3,8-10H2,1H3. The van der Waals surface area contributed by atoms with Crippen molar-refractivity contribution in [2.24, 2.45) is 0 Å². The third-order valence-electron chi connectivity index (χ3n) is 5.14. The SMILES string of the molecule is Cc1ccc(Cl)cc1S(=O)(=O)Nc1ccc2c(c1)CCN2C(=O)C1CCCO1. The predicted molar refractivity (Wildman–Crippen MR) is 108 cm³/mol. The van der Waals surface area contributed by atoms with Gasteiger partial charge in [-0.25, -0.2) is 8.42 Å². The van der Waals surface area contributed by atoms with E-state index in [1.54, 1.807) is 42.2 Å². The summed E-state index contributed by atoms with van der Waals surface area (Å²) in [6.45, 7) is 2.93. The number of hydrogen-bond donors (Lipinski definition) is 1. The van der Waals surface area contributed by atoms with Crippen molar-refractivity contribution in [3.8, 4) is 0 Å². The van der Waals surface area contributed by atoms with Crippen LogP contribution < -0.4 is 9.62 Å². The first-order chi connectivity index (χ1) is 13.3. The van der Waals surface area contributed by atoms with E-state index in [1.165, 1.54) is 6.07 Å². The number of benzene rings is 2. The first kappa shape index (κ1) is 19.2. The van der Waals surface area contributed by atoms with E-state index >= 15 is 0 Å². The van der Waals surface area contributed by atoms with Crippen LogP contribution in [-0.2, 0) is 26.0 Å². The molecule has 8 heteroatoms. The van der Waals surface area contributed by atoms with Crippen LogP contribution in [-0.4, -0.2) is 33.6 Å². The third kappa shape index (κ3) is 3.62. The highest BCUT2D eigenvalue weighted by Gasteiger charge is 2.33. The molecular formula is C20H21ClN2O4S. The van der Waals surface area contributed by atoms with Crippen LogP contribution in [0.3, 0.4) is 0 Å². The number of amides is 1. The van der Waals surface area contributed by atoms with Gasteiger partial charge in [-0.1, -0.05) is 17.7 Å². The number of hydrogen-bond acceptors (Lipinski definition) is 4. The number of ether oxygens (including phenoxy) is 1. The van der Waals surface area contributed by atoms with Gasteiger partial charge in [0.2, 0.25) is 0 Å². The average Bonchev–Trinajstić information content (AvgIpc) is 3.32. The Morgan fingerprint density at radius 3 is 2.82 bits per heavy atom. The molecule has 1 unspecified atom stereocenters. The van der Waals surface area contributed by atoms with E-state index in [2.05, 4.69) is 4.72 Å². The molecule has 4 rings (SSSR count). The number of halogens is 1. The molecule has 1 atom stereocenters. The molecule has 2 aliphatic heterocycles. The van der Waals surface area contributed by atoms with Gasteiger partial charge in [-0.05, 0) is 67.6 Å². The molecule has 1 N–H and O–H groups in total. The van der Waals surface area contributed by atoms with E-state index in [9.17, 15) is 13.2 Å². The second-order valence-corrected chi connectivity index (χ2v) is 9.19. The average molecular weight is 421 g/mol. The number of carbonyl (C=O) groups excluding carboxylic acids is 1. The predicted octanol–water partition coefficient (Wildman–Crippen LogP) is 3.52. The van der Waals surface area contributed by atoms with Gasteiger partial charge in [0.05, 0.1) is 4.90 Å². The number of aryl methyl sites for hydroxylation is 1. The fourth-order valence-corrected chi connectivity index (χ4v) is 5.27. The van der Waals surface area contributed by atoms with E-state index in [1.807, 2.05) is 0 Å². The Morgan fingerprint density at radius 2 is 2.07 bits per heavy atom. The number of rotatable bonds is 4. The molecule has 148 valence electrons.